The average Bonchev–Trinajstić information content (AvgIpc) is 3.35. The van der Waals surface area contributed by atoms with Crippen molar-refractivity contribution in [2.45, 2.75) is 43.9 Å². The quantitative estimate of drug-likeness (QED) is 0.907. The number of nitrogens with zero attached hydrogens (tertiary/aromatic N) is 5. The zero-order valence-corrected chi connectivity index (χ0v) is 14.6. The summed E-state index contributed by atoms with van der Waals surface area (Å²) in [6.45, 7) is 0.256. The van der Waals surface area contributed by atoms with E-state index in [0.29, 0.717) is 24.8 Å². The molecule has 0 spiro atoms. The van der Waals surface area contributed by atoms with E-state index >= 15 is 0 Å². The minimum Gasteiger partial charge on any atom is -0.335 e. The van der Waals surface area contributed by atoms with Gasteiger partial charge in [0.05, 0.1) is 6.67 Å². The smallest absolute Gasteiger partial charge is 0.291 e. The number of H-pyrrole nitrogens is 1. The predicted molar refractivity (Wildman–Crippen MR) is 92.4 cm³/mol. The Morgan fingerprint density at radius 1 is 1.19 bits per heavy atom. The lowest BCUT2D eigenvalue weighted by Gasteiger charge is -2.18. The number of halogens is 1. The molecule has 2 aliphatic rings. The number of carbonyl (C=O) groups excluding carboxylic acids is 1. The van der Waals surface area contributed by atoms with Crippen LogP contribution in [0.3, 0.4) is 0 Å². The minimum absolute atomic E-state index is 0.145. The van der Waals surface area contributed by atoms with Crippen molar-refractivity contribution in [2.75, 3.05) is 19.8 Å². The van der Waals surface area contributed by atoms with E-state index in [2.05, 4.69) is 25.1 Å². The van der Waals surface area contributed by atoms with Crippen LogP contribution >= 0.6 is 0 Å². The predicted octanol–water partition coefficient (Wildman–Crippen LogP) is 2.47. The van der Waals surface area contributed by atoms with Crippen LogP contribution in [0.4, 0.5) is 4.39 Å². The summed E-state index contributed by atoms with van der Waals surface area (Å²) < 4.78 is 13.6. The molecule has 2 aromatic rings. The third-order valence-electron chi connectivity index (χ3n) is 5.53. The summed E-state index contributed by atoms with van der Waals surface area (Å²) >= 11 is 0. The van der Waals surface area contributed by atoms with Crippen molar-refractivity contribution >= 4 is 5.91 Å². The van der Waals surface area contributed by atoms with Gasteiger partial charge < -0.3 is 4.90 Å². The van der Waals surface area contributed by atoms with Crippen molar-refractivity contribution in [2.24, 2.45) is 5.92 Å². The number of hydrogen-bond acceptors (Lipinski definition) is 5. The van der Waals surface area contributed by atoms with Gasteiger partial charge in [0.2, 0.25) is 5.82 Å². The van der Waals surface area contributed by atoms with Crippen molar-refractivity contribution < 1.29 is 9.18 Å². The molecule has 1 amide bonds. The molecule has 1 N–H and O–H groups in total. The number of aromatic nitrogens is 5. The van der Waals surface area contributed by atoms with E-state index in [4.69, 9.17) is 0 Å². The molecule has 3 heterocycles. The molecule has 1 saturated carbocycles. The molecule has 2 fully saturated rings. The summed E-state index contributed by atoms with van der Waals surface area (Å²) in [5.74, 6) is 1.36. The summed E-state index contributed by atoms with van der Waals surface area (Å²) in [6, 6.07) is 1.66. The lowest BCUT2D eigenvalue weighted by molar-refractivity contribution is 0.0772. The number of carbonyl (C=O) groups is 1. The van der Waals surface area contributed by atoms with Gasteiger partial charge in [-0.05, 0) is 18.9 Å². The van der Waals surface area contributed by atoms with Gasteiger partial charge in [-0.1, -0.05) is 19.3 Å². The molecule has 0 bridgehead atoms. The van der Waals surface area contributed by atoms with Crippen molar-refractivity contribution in [3.63, 3.8) is 0 Å². The molecule has 138 valence electrons. The maximum atomic E-state index is 13.6. The Labute approximate surface area is 151 Å². The van der Waals surface area contributed by atoms with Gasteiger partial charge in [0.15, 0.2) is 5.82 Å². The minimum atomic E-state index is -0.496. The fourth-order valence-corrected chi connectivity index (χ4v) is 4.05. The van der Waals surface area contributed by atoms with Gasteiger partial charge in [0.1, 0.15) is 5.82 Å². The molecule has 1 aliphatic heterocycles. The first-order chi connectivity index (χ1) is 12.8. The van der Waals surface area contributed by atoms with Crippen LogP contribution in [-0.4, -0.2) is 55.7 Å². The van der Waals surface area contributed by atoms with Crippen LogP contribution < -0.4 is 0 Å². The SMILES string of the molecule is O=C(c1ncccn1)N1C[C@@H](CF)[C@H](c2nc(C3CCCCC3)n[nH]2)C1. The van der Waals surface area contributed by atoms with Gasteiger partial charge >= 0.3 is 0 Å². The molecule has 2 atom stereocenters. The molecule has 0 radical (unpaired) electrons. The first-order valence-corrected chi connectivity index (χ1v) is 9.30. The summed E-state index contributed by atoms with van der Waals surface area (Å²) in [5, 5.41) is 7.41. The fraction of sp³-hybridized carbons (Fsp3) is 0.611. The normalized spacial score (nSPS) is 24.1. The van der Waals surface area contributed by atoms with Gasteiger partial charge in [-0.3, -0.25) is 14.3 Å². The second-order valence-electron chi connectivity index (χ2n) is 7.22. The van der Waals surface area contributed by atoms with Crippen molar-refractivity contribution in [1.82, 2.24) is 30.0 Å². The topological polar surface area (TPSA) is 87.7 Å². The molecule has 1 saturated heterocycles. The monoisotopic (exact) mass is 358 g/mol. The van der Waals surface area contributed by atoms with Crippen LogP contribution in [0.15, 0.2) is 18.5 Å². The maximum Gasteiger partial charge on any atom is 0.291 e. The van der Waals surface area contributed by atoms with Crippen molar-refractivity contribution in [3.8, 4) is 0 Å². The number of alkyl halides is 1. The van der Waals surface area contributed by atoms with Crippen LogP contribution in [-0.2, 0) is 0 Å². The molecule has 1 aliphatic carbocycles. The number of nitrogens with one attached hydrogen (secondary N) is 1. The van der Waals surface area contributed by atoms with Crippen molar-refractivity contribution in [1.29, 1.82) is 0 Å². The Hall–Kier alpha value is -2.38. The molecule has 8 heteroatoms. The first-order valence-electron chi connectivity index (χ1n) is 9.30. The van der Waals surface area contributed by atoms with E-state index in [0.717, 1.165) is 18.7 Å². The zero-order chi connectivity index (χ0) is 17.9. The Morgan fingerprint density at radius 2 is 1.96 bits per heavy atom. The lowest BCUT2D eigenvalue weighted by Crippen LogP contribution is -2.30. The Kier molecular flexibility index (Phi) is 4.90. The zero-order valence-electron chi connectivity index (χ0n) is 14.6. The number of hydrogen-bond donors (Lipinski definition) is 1. The second-order valence-corrected chi connectivity index (χ2v) is 7.22. The molecular formula is C18H23FN6O. The van der Waals surface area contributed by atoms with E-state index in [1.54, 1.807) is 11.0 Å². The van der Waals surface area contributed by atoms with Crippen LogP contribution in [0.25, 0.3) is 0 Å². The Morgan fingerprint density at radius 3 is 2.69 bits per heavy atom. The summed E-state index contributed by atoms with van der Waals surface area (Å²) in [4.78, 5) is 26.9. The molecule has 7 nitrogen and oxygen atoms in total. The van der Waals surface area contributed by atoms with Crippen LogP contribution in [0.2, 0.25) is 0 Å². The molecule has 26 heavy (non-hydrogen) atoms. The molecule has 2 aromatic heterocycles. The highest BCUT2D eigenvalue weighted by atomic mass is 19.1. The van der Waals surface area contributed by atoms with E-state index in [1.165, 1.54) is 31.7 Å². The number of likely N-dealkylation sites (tertiary alicyclic amines) is 1. The molecule has 0 unspecified atom stereocenters. The van der Waals surface area contributed by atoms with Gasteiger partial charge in [0, 0.05) is 43.2 Å². The highest BCUT2D eigenvalue weighted by molar-refractivity contribution is 5.90. The van der Waals surface area contributed by atoms with Gasteiger partial charge in [-0.15, -0.1) is 0 Å². The Bertz CT molecular complexity index is 745. The number of amides is 1. The van der Waals surface area contributed by atoms with Crippen LogP contribution in [0.1, 0.15) is 66.2 Å². The van der Waals surface area contributed by atoms with Gasteiger partial charge in [-0.25, -0.2) is 15.0 Å². The molecular weight excluding hydrogens is 335 g/mol. The van der Waals surface area contributed by atoms with E-state index in [-0.39, 0.29) is 23.6 Å². The number of aromatic amines is 1. The fourth-order valence-electron chi connectivity index (χ4n) is 4.05. The van der Waals surface area contributed by atoms with E-state index < -0.39 is 6.67 Å². The first kappa shape index (κ1) is 17.1. The highest BCUT2D eigenvalue weighted by Crippen LogP contribution is 2.34. The highest BCUT2D eigenvalue weighted by Gasteiger charge is 2.39. The van der Waals surface area contributed by atoms with Gasteiger partial charge in [0.25, 0.3) is 5.91 Å². The average molecular weight is 358 g/mol. The summed E-state index contributed by atoms with van der Waals surface area (Å²) in [7, 11) is 0. The summed E-state index contributed by atoms with van der Waals surface area (Å²) in [6.07, 6.45) is 9.00. The number of rotatable bonds is 4. The molecule has 4 rings (SSSR count). The van der Waals surface area contributed by atoms with Crippen LogP contribution in [0.5, 0.6) is 0 Å². The maximum absolute atomic E-state index is 13.6. The van der Waals surface area contributed by atoms with Crippen molar-refractivity contribution in [3.05, 3.63) is 35.9 Å². The van der Waals surface area contributed by atoms with Gasteiger partial charge in [-0.2, -0.15) is 5.10 Å². The summed E-state index contributed by atoms with van der Waals surface area (Å²) in [5.41, 5.74) is 0. The standard InChI is InChI=1S/C18H23FN6O/c19-9-13-10-25(18(26)17-20-7-4-8-21-17)11-14(13)16-22-15(23-24-16)12-5-2-1-3-6-12/h4,7-8,12-14H,1-3,5-6,9-11H2,(H,22,23,24)/t13-,14-/m1/s1. The molecule has 0 aromatic carbocycles. The van der Waals surface area contributed by atoms with E-state index in [1.807, 2.05) is 0 Å². The largest absolute Gasteiger partial charge is 0.335 e. The Balaban J connectivity index is 1.49. The van der Waals surface area contributed by atoms with E-state index in [9.17, 15) is 9.18 Å². The third kappa shape index (κ3) is 3.32. The van der Waals surface area contributed by atoms with Crippen LogP contribution in [0, 0.1) is 5.92 Å². The lowest BCUT2D eigenvalue weighted by atomic mass is 9.89. The third-order valence-corrected chi connectivity index (χ3v) is 5.53. The second kappa shape index (κ2) is 7.47.